The molecule has 5 rings (SSSR count). The average Bonchev–Trinajstić information content (AvgIpc) is 3.38. The number of hydrogen-bond acceptors (Lipinski definition) is 6. The van der Waals surface area contributed by atoms with Gasteiger partial charge < -0.3 is 24.9 Å². The summed E-state index contributed by atoms with van der Waals surface area (Å²) >= 11 is 11.6. The molecule has 2 N–H and O–H groups in total. The molecule has 0 aliphatic carbocycles. The number of furan rings is 1. The minimum absolute atomic E-state index is 0.458. The summed E-state index contributed by atoms with van der Waals surface area (Å²) in [4.78, 5) is 14.5. The third-order valence-electron chi connectivity index (χ3n) is 7.35. The molecule has 7 nitrogen and oxygen atoms in total. The van der Waals surface area contributed by atoms with Crippen LogP contribution in [0.3, 0.4) is 0 Å². The molecule has 0 spiro atoms. The minimum Gasteiger partial charge on any atom is -0.459 e. The van der Waals surface area contributed by atoms with E-state index < -0.39 is 0 Å². The molecule has 0 radical (unpaired) electrons. The van der Waals surface area contributed by atoms with E-state index in [-0.39, 0.29) is 0 Å². The summed E-state index contributed by atoms with van der Waals surface area (Å²) < 4.78 is 5.99. The van der Waals surface area contributed by atoms with Gasteiger partial charge in [-0.1, -0.05) is 25.4 Å². The van der Waals surface area contributed by atoms with Crippen molar-refractivity contribution in [1.82, 2.24) is 15.3 Å². The number of anilines is 3. The number of thiocarbonyl (C=S) groups is 1. The molecule has 0 amide bonds. The lowest BCUT2D eigenvalue weighted by Crippen LogP contribution is -2.36. The highest BCUT2D eigenvalue weighted by Gasteiger charge is 2.22. The Morgan fingerprint density at radius 2 is 1.49 bits per heavy atom. The fourth-order valence-corrected chi connectivity index (χ4v) is 5.12. The van der Waals surface area contributed by atoms with Gasteiger partial charge in [-0.15, -0.1) is 0 Å². The molecule has 37 heavy (non-hydrogen) atoms. The zero-order valence-corrected chi connectivity index (χ0v) is 23.1. The Morgan fingerprint density at radius 1 is 0.919 bits per heavy atom. The van der Waals surface area contributed by atoms with E-state index in [2.05, 4.69) is 40.3 Å². The molecule has 0 unspecified atom stereocenters. The first kappa shape index (κ1) is 25.8. The third-order valence-corrected chi connectivity index (χ3v) is 7.85. The van der Waals surface area contributed by atoms with Crippen molar-refractivity contribution in [3.8, 4) is 11.3 Å². The summed E-state index contributed by atoms with van der Waals surface area (Å²) in [5.41, 5.74) is 0.980. The van der Waals surface area contributed by atoms with E-state index in [4.69, 9.17) is 38.2 Å². The highest BCUT2D eigenvalue weighted by molar-refractivity contribution is 7.80. The summed E-state index contributed by atoms with van der Waals surface area (Å²) in [6.45, 7) is 9.19. The number of benzene rings is 1. The van der Waals surface area contributed by atoms with E-state index in [1.807, 2.05) is 36.4 Å². The molecule has 196 valence electrons. The van der Waals surface area contributed by atoms with Crippen LogP contribution in [0.5, 0.6) is 0 Å². The highest BCUT2D eigenvalue weighted by atomic mass is 35.5. The zero-order valence-electron chi connectivity index (χ0n) is 21.5. The molecule has 0 bridgehead atoms. The first-order valence-corrected chi connectivity index (χ1v) is 14.0. The maximum Gasteiger partial charge on any atom is 0.232 e. The quantitative estimate of drug-likeness (QED) is 0.352. The second-order valence-corrected chi connectivity index (χ2v) is 11.2. The molecule has 3 aromatic rings. The van der Waals surface area contributed by atoms with Crippen molar-refractivity contribution >= 4 is 46.5 Å². The van der Waals surface area contributed by atoms with E-state index in [9.17, 15) is 0 Å². The van der Waals surface area contributed by atoms with Crippen LogP contribution in [0, 0.1) is 11.8 Å². The van der Waals surface area contributed by atoms with Crippen molar-refractivity contribution in [3.05, 3.63) is 53.2 Å². The Balaban J connectivity index is 1.26. The fourth-order valence-electron chi connectivity index (χ4n) is 4.83. The summed E-state index contributed by atoms with van der Waals surface area (Å²) in [7, 11) is 0. The van der Waals surface area contributed by atoms with Gasteiger partial charge in [-0.3, -0.25) is 0 Å². The number of nitrogens with one attached hydrogen (secondary N) is 2. The lowest BCUT2D eigenvalue weighted by atomic mass is 9.99. The minimum atomic E-state index is 0.458. The number of nitrogens with zero attached hydrogens (tertiary/aromatic N) is 4. The SMILES string of the molecule is CC1CCN(c2cc(N3CCC(C)CC3)nc(NC(=S)NCc3ccc(-c4ccc(Cl)cc4)o3)n2)CC1. The van der Waals surface area contributed by atoms with E-state index >= 15 is 0 Å². The van der Waals surface area contributed by atoms with Gasteiger partial charge >= 0.3 is 0 Å². The molecule has 1 aromatic carbocycles. The van der Waals surface area contributed by atoms with Gasteiger partial charge in [-0.2, -0.15) is 9.97 Å². The molecule has 4 heterocycles. The Bertz CT molecular complexity index is 1160. The lowest BCUT2D eigenvalue weighted by Gasteiger charge is -2.34. The fraction of sp³-hybridized carbons (Fsp3) is 0.464. The second kappa shape index (κ2) is 11.7. The number of aromatic nitrogens is 2. The normalized spacial score (nSPS) is 17.2. The Labute approximate surface area is 229 Å². The topological polar surface area (TPSA) is 69.5 Å². The van der Waals surface area contributed by atoms with Crippen molar-refractivity contribution in [2.75, 3.05) is 41.3 Å². The Hall–Kier alpha value is -2.84. The van der Waals surface area contributed by atoms with Crippen LogP contribution in [0.15, 0.2) is 46.9 Å². The number of hydrogen-bond donors (Lipinski definition) is 2. The summed E-state index contributed by atoms with van der Waals surface area (Å²) in [5.74, 6) is 5.58. The molecule has 2 fully saturated rings. The van der Waals surface area contributed by atoms with Gasteiger partial charge in [0.2, 0.25) is 5.95 Å². The monoisotopic (exact) mass is 538 g/mol. The highest BCUT2D eigenvalue weighted by Crippen LogP contribution is 2.28. The number of halogens is 1. The molecule has 0 saturated carbocycles. The molecule has 0 atom stereocenters. The van der Waals surface area contributed by atoms with Crippen molar-refractivity contribution in [3.63, 3.8) is 0 Å². The van der Waals surface area contributed by atoms with Crippen LogP contribution in [0.25, 0.3) is 11.3 Å². The molecule has 2 aliphatic rings. The van der Waals surface area contributed by atoms with Crippen LogP contribution in [0.1, 0.15) is 45.3 Å². The van der Waals surface area contributed by atoms with Crippen molar-refractivity contribution in [2.24, 2.45) is 11.8 Å². The Morgan fingerprint density at radius 3 is 2.05 bits per heavy atom. The van der Waals surface area contributed by atoms with Crippen molar-refractivity contribution in [1.29, 1.82) is 0 Å². The van der Waals surface area contributed by atoms with Crippen LogP contribution in [0.4, 0.5) is 17.6 Å². The lowest BCUT2D eigenvalue weighted by molar-refractivity contribution is 0.433. The van der Waals surface area contributed by atoms with Gasteiger partial charge in [0.1, 0.15) is 23.2 Å². The second-order valence-electron chi connectivity index (χ2n) is 10.3. The van der Waals surface area contributed by atoms with E-state index in [0.717, 1.165) is 66.7 Å². The first-order chi connectivity index (χ1) is 17.9. The summed E-state index contributed by atoms with van der Waals surface area (Å²) in [6.07, 6.45) is 4.74. The Kier molecular flexibility index (Phi) is 8.15. The van der Waals surface area contributed by atoms with E-state index in [1.165, 1.54) is 25.7 Å². The van der Waals surface area contributed by atoms with E-state index in [0.29, 0.717) is 22.6 Å². The predicted molar refractivity (Wildman–Crippen MR) is 155 cm³/mol. The van der Waals surface area contributed by atoms with E-state index in [1.54, 1.807) is 0 Å². The molecule has 2 saturated heterocycles. The van der Waals surface area contributed by atoms with Gasteiger partial charge in [-0.05, 0) is 86.1 Å². The maximum absolute atomic E-state index is 6.00. The van der Waals surface area contributed by atoms with Crippen LogP contribution in [0.2, 0.25) is 5.02 Å². The van der Waals surface area contributed by atoms with Crippen molar-refractivity contribution < 1.29 is 4.42 Å². The summed E-state index contributed by atoms with van der Waals surface area (Å²) in [5, 5.41) is 7.62. The molecular formula is C28H35ClN6OS. The number of piperidine rings is 2. The third kappa shape index (κ3) is 6.73. The van der Waals surface area contributed by atoms with Gasteiger partial charge in [0, 0.05) is 42.8 Å². The van der Waals surface area contributed by atoms with Gasteiger partial charge in [0.05, 0.1) is 6.54 Å². The maximum atomic E-state index is 6.00. The average molecular weight is 539 g/mol. The predicted octanol–water partition coefficient (Wildman–Crippen LogP) is 6.35. The summed E-state index contributed by atoms with van der Waals surface area (Å²) in [6, 6.07) is 13.6. The van der Waals surface area contributed by atoms with Gasteiger partial charge in [0.15, 0.2) is 5.11 Å². The smallest absolute Gasteiger partial charge is 0.232 e. The zero-order chi connectivity index (χ0) is 25.8. The van der Waals surface area contributed by atoms with Crippen LogP contribution < -0.4 is 20.4 Å². The van der Waals surface area contributed by atoms with Gasteiger partial charge in [0.25, 0.3) is 0 Å². The molecule has 9 heteroatoms. The molecule has 2 aromatic heterocycles. The van der Waals surface area contributed by atoms with Crippen LogP contribution >= 0.6 is 23.8 Å². The standard InChI is InChI=1S/C28H35ClN6OS/c1-19-9-13-34(14-10-19)25-17-26(35-15-11-20(2)12-16-35)32-27(31-25)33-28(37)30-18-23-7-8-24(36-23)21-3-5-22(29)6-4-21/h3-8,17,19-20H,9-16,18H2,1-2H3,(H2,30,31,32,33,37). The van der Waals surface area contributed by atoms with Crippen molar-refractivity contribution in [2.45, 2.75) is 46.1 Å². The van der Waals surface area contributed by atoms with Gasteiger partial charge in [-0.25, -0.2) is 0 Å². The van der Waals surface area contributed by atoms with Crippen LogP contribution in [-0.4, -0.2) is 41.3 Å². The number of rotatable bonds is 6. The van der Waals surface area contributed by atoms with Crippen LogP contribution in [-0.2, 0) is 6.54 Å². The first-order valence-electron chi connectivity index (χ1n) is 13.2. The molecule has 2 aliphatic heterocycles. The largest absolute Gasteiger partial charge is 0.459 e. The molecular weight excluding hydrogens is 504 g/mol.